The van der Waals surface area contributed by atoms with Crippen LogP contribution >= 0.6 is 11.6 Å². The number of esters is 1. The van der Waals surface area contributed by atoms with Gasteiger partial charge in [-0.15, -0.1) is 0 Å². The fourth-order valence-electron chi connectivity index (χ4n) is 2.89. The number of halogens is 1. The van der Waals surface area contributed by atoms with Crippen molar-refractivity contribution in [1.82, 2.24) is 4.31 Å². The van der Waals surface area contributed by atoms with E-state index in [-0.39, 0.29) is 27.5 Å². The van der Waals surface area contributed by atoms with E-state index in [1.54, 1.807) is 0 Å². The topological polar surface area (TPSA) is 92.8 Å². The van der Waals surface area contributed by atoms with Gasteiger partial charge in [0.1, 0.15) is 0 Å². The number of hydrogen-bond donors (Lipinski definition) is 1. The molecule has 3 rings (SSSR count). The Morgan fingerprint density at radius 2 is 1.89 bits per heavy atom. The number of ether oxygens (including phenoxy) is 1. The van der Waals surface area contributed by atoms with E-state index in [2.05, 4.69) is 5.32 Å². The smallest absolute Gasteiger partial charge is 0.309 e. The first-order valence-corrected chi connectivity index (χ1v) is 10.9. The standard InChI is InChI=1S/C18H23ClN2O5S/c1-12(26-18(23)13-5-6-13)17(22)20-16-11-14(7-8-15(16)19)27(24,25)21-9-3-2-4-10-21/h7-8,11-13H,2-6,9-10H2,1H3,(H,20,22)/t12-/m1/s1. The van der Waals surface area contributed by atoms with Crippen molar-refractivity contribution < 1.29 is 22.7 Å². The molecule has 7 nitrogen and oxygen atoms in total. The summed E-state index contributed by atoms with van der Waals surface area (Å²) in [5.41, 5.74) is 0.175. The molecule has 1 atom stereocenters. The number of amides is 1. The van der Waals surface area contributed by atoms with Crippen LogP contribution in [0.1, 0.15) is 39.0 Å². The van der Waals surface area contributed by atoms with E-state index < -0.39 is 22.0 Å². The lowest BCUT2D eigenvalue weighted by atomic mass is 10.2. The highest BCUT2D eigenvalue weighted by Crippen LogP contribution is 2.31. The average Bonchev–Trinajstić information content (AvgIpc) is 3.49. The van der Waals surface area contributed by atoms with E-state index in [0.717, 1.165) is 32.1 Å². The van der Waals surface area contributed by atoms with Gasteiger partial charge in [0.25, 0.3) is 5.91 Å². The van der Waals surface area contributed by atoms with Gasteiger partial charge >= 0.3 is 5.97 Å². The molecule has 1 aromatic carbocycles. The quantitative estimate of drug-likeness (QED) is 0.722. The summed E-state index contributed by atoms with van der Waals surface area (Å²) in [6, 6.07) is 4.22. The van der Waals surface area contributed by atoms with Gasteiger partial charge in [-0.25, -0.2) is 8.42 Å². The van der Waals surface area contributed by atoms with E-state index in [4.69, 9.17) is 16.3 Å². The molecule has 1 amide bonds. The third-order valence-corrected chi connectivity index (χ3v) is 6.95. The summed E-state index contributed by atoms with van der Waals surface area (Å²) in [4.78, 5) is 24.1. The van der Waals surface area contributed by atoms with Crippen LogP contribution < -0.4 is 5.32 Å². The molecular formula is C18H23ClN2O5S. The van der Waals surface area contributed by atoms with Crippen molar-refractivity contribution in [3.05, 3.63) is 23.2 Å². The van der Waals surface area contributed by atoms with Gasteiger partial charge in [0.15, 0.2) is 6.10 Å². The number of carbonyl (C=O) groups excluding carboxylic acids is 2. The number of nitrogens with zero attached hydrogens (tertiary/aromatic N) is 1. The average molecular weight is 415 g/mol. The van der Waals surface area contributed by atoms with E-state index in [0.29, 0.717) is 13.1 Å². The molecule has 0 unspecified atom stereocenters. The molecule has 27 heavy (non-hydrogen) atoms. The summed E-state index contributed by atoms with van der Waals surface area (Å²) < 4.78 is 32.2. The Kier molecular flexibility index (Phi) is 6.08. The molecule has 1 aliphatic heterocycles. The van der Waals surface area contributed by atoms with E-state index in [1.165, 1.54) is 29.4 Å². The van der Waals surface area contributed by atoms with E-state index in [1.807, 2.05) is 0 Å². The fraction of sp³-hybridized carbons (Fsp3) is 0.556. The van der Waals surface area contributed by atoms with Gasteiger partial charge in [-0.2, -0.15) is 4.31 Å². The number of sulfonamides is 1. The van der Waals surface area contributed by atoms with Gasteiger partial charge in [0.2, 0.25) is 10.0 Å². The van der Waals surface area contributed by atoms with Crippen molar-refractivity contribution in [1.29, 1.82) is 0 Å². The van der Waals surface area contributed by atoms with Crippen molar-refractivity contribution in [3.63, 3.8) is 0 Å². The Hall–Kier alpha value is -1.64. The van der Waals surface area contributed by atoms with Gasteiger partial charge in [0, 0.05) is 13.1 Å². The lowest BCUT2D eigenvalue weighted by Gasteiger charge is -2.26. The third kappa shape index (κ3) is 4.80. The Morgan fingerprint density at radius 1 is 1.22 bits per heavy atom. The van der Waals surface area contributed by atoms with Crippen LogP contribution in [0.5, 0.6) is 0 Å². The highest BCUT2D eigenvalue weighted by atomic mass is 35.5. The van der Waals surface area contributed by atoms with Crippen molar-refractivity contribution in [2.24, 2.45) is 5.92 Å². The number of rotatable bonds is 6. The van der Waals surface area contributed by atoms with Crippen molar-refractivity contribution in [2.45, 2.75) is 50.0 Å². The summed E-state index contributed by atoms with van der Waals surface area (Å²) in [7, 11) is -3.64. The Labute approximate surface area is 164 Å². The second-order valence-electron chi connectivity index (χ2n) is 6.95. The molecule has 1 saturated heterocycles. The maximum absolute atomic E-state index is 12.8. The summed E-state index contributed by atoms with van der Waals surface area (Å²) in [5.74, 6) is -1.05. The van der Waals surface area contributed by atoms with E-state index >= 15 is 0 Å². The monoisotopic (exact) mass is 414 g/mol. The minimum Gasteiger partial charge on any atom is -0.452 e. The molecule has 0 bridgehead atoms. The second kappa shape index (κ2) is 8.16. The van der Waals surface area contributed by atoms with Crippen LogP contribution in [0.4, 0.5) is 5.69 Å². The minimum absolute atomic E-state index is 0.0757. The molecule has 1 saturated carbocycles. The zero-order valence-electron chi connectivity index (χ0n) is 15.1. The predicted molar refractivity (Wildman–Crippen MR) is 101 cm³/mol. The van der Waals surface area contributed by atoms with Crippen LogP contribution in [0.2, 0.25) is 5.02 Å². The molecule has 0 radical (unpaired) electrons. The number of nitrogens with one attached hydrogen (secondary N) is 1. The first-order chi connectivity index (χ1) is 12.8. The predicted octanol–water partition coefficient (Wildman–Crippen LogP) is 2.79. The summed E-state index contributed by atoms with van der Waals surface area (Å²) in [6.45, 7) is 2.44. The van der Waals surface area contributed by atoms with Crippen LogP contribution in [0, 0.1) is 5.92 Å². The van der Waals surface area contributed by atoms with E-state index in [9.17, 15) is 18.0 Å². The van der Waals surface area contributed by atoms with Crippen molar-refractivity contribution in [3.8, 4) is 0 Å². The molecule has 1 aromatic rings. The Balaban J connectivity index is 1.72. The molecular weight excluding hydrogens is 392 g/mol. The molecule has 1 N–H and O–H groups in total. The van der Waals surface area contributed by atoms with Crippen LogP contribution in [0.3, 0.4) is 0 Å². The summed E-state index contributed by atoms with van der Waals surface area (Å²) >= 11 is 6.12. The van der Waals surface area contributed by atoms with Crippen molar-refractivity contribution >= 4 is 39.2 Å². The van der Waals surface area contributed by atoms with Gasteiger partial charge in [-0.1, -0.05) is 18.0 Å². The second-order valence-corrected chi connectivity index (χ2v) is 9.29. The van der Waals surface area contributed by atoms with Crippen molar-refractivity contribution in [2.75, 3.05) is 18.4 Å². The fourth-order valence-corrected chi connectivity index (χ4v) is 4.60. The molecule has 0 spiro atoms. The van der Waals surface area contributed by atoms with Crippen LogP contribution in [-0.4, -0.2) is 43.8 Å². The summed E-state index contributed by atoms with van der Waals surface area (Å²) in [6.07, 6.45) is 3.27. The highest BCUT2D eigenvalue weighted by molar-refractivity contribution is 7.89. The molecule has 1 aliphatic carbocycles. The highest BCUT2D eigenvalue weighted by Gasteiger charge is 2.33. The number of carbonyl (C=O) groups is 2. The zero-order chi connectivity index (χ0) is 19.6. The van der Waals surface area contributed by atoms with Gasteiger partial charge in [-0.3, -0.25) is 9.59 Å². The van der Waals surface area contributed by atoms with Gasteiger partial charge in [0.05, 0.1) is 21.5 Å². The first kappa shape index (κ1) is 20.1. The SMILES string of the molecule is C[C@@H](OC(=O)C1CC1)C(=O)Nc1cc(S(=O)(=O)N2CCCCC2)ccc1Cl. The maximum atomic E-state index is 12.8. The molecule has 148 valence electrons. The molecule has 1 heterocycles. The normalized spacial score (nSPS) is 19.3. The lowest BCUT2D eigenvalue weighted by molar-refractivity contribution is -0.154. The number of hydrogen-bond acceptors (Lipinski definition) is 5. The van der Waals surface area contributed by atoms with Crippen LogP contribution in [-0.2, 0) is 24.3 Å². The first-order valence-electron chi connectivity index (χ1n) is 9.10. The molecule has 2 aliphatic rings. The van der Waals surface area contributed by atoms with Crippen LogP contribution in [0.15, 0.2) is 23.1 Å². The number of benzene rings is 1. The van der Waals surface area contributed by atoms with Gasteiger partial charge < -0.3 is 10.1 Å². The third-order valence-electron chi connectivity index (χ3n) is 4.72. The summed E-state index contributed by atoms with van der Waals surface area (Å²) in [5, 5.41) is 2.77. The van der Waals surface area contributed by atoms with Crippen LogP contribution in [0.25, 0.3) is 0 Å². The zero-order valence-corrected chi connectivity index (χ0v) is 16.7. The number of anilines is 1. The molecule has 0 aromatic heterocycles. The minimum atomic E-state index is -3.64. The maximum Gasteiger partial charge on any atom is 0.309 e. The molecule has 9 heteroatoms. The Morgan fingerprint density at radius 3 is 2.52 bits per heavy atom. The van der Waals surface area contributed by atoms with Gasteiger partial charge in [-0.05, 0) is 50.8 Å². The number of piperidine rings is 1. The Bertz CT molecular complexity index is 832. The molecule has 2 fully saturated rings. The largest absolute Gasteiger partial charge is 0.452 e. The lowest BCUT2D eigenvalue weighted by Crippen LogP contribution is -2.35.